The number of aliphatic hydroxyl groups excluding tert-OH is 1. The molecule has 7 heteroatoms. The Labute approximate surface area is 220 Å². The molecule has 0 saturated carbocycles. The van der Waals surface area contributed by atoms with E-state index in [1.165, 1.54) is 0 Å². The highest BCUT2D eigenvalue weighted by atomic mass is 16.5. The minimum atomic E-state index is -0.735. The van der Waals surface area contributed by atoms with Crippen LogP contribution in [0.25, 0.3) is 5.76 Å². The van der Waals surface area contributed by atoms with Gasteiger partial charge in [0.1, 0.15) is 5.76 Å². The lowest BCUT2D eigenvalue weighted by Gasteiger charge is -2.28. The minimum Gasteiger partial charge on any atom is -0.507 e. The molecule has 200 valence electrons. The summed E-state index contributed by atoms with van der Waals surface area (Å²) in [6.07, 6.45) is 1.94. The summed E-state index contributed by atoms with van der Waals surface area (Å²) in [6.45, 7) is 13.8. The van der Waals surface area contributed by atoms with Crippen molar-refractivity contribution in [3.05, 3.63) is 64.7 Å². The van der Waals surface area contributed by atoms with E-state index in [4.69, 9.17) is 9.47 Å². The van der Waals surface area contributed by atoms with Gasteiger partial charge in [0.2, 0.25) is 0 Å². The lowest BCUT2D eigenvalue weighted by Crippen LogP contribution is -2.38. The maximum atomic E-state index is 13.3. The van der Waals surface area contributed by atoms with Crippen LogP contribution < -0.4 is 9.47 Å². The zero-order valence-corrected chi connectivity index (χ0v) is 22.8. The van der Waals surface area contributed by atoms with E-state index in [2.05, 4.69) is 25.7 Å². The van der Waals surface area contributed by atoms with Crippen molar-refractivity contribution in [1.82, 2.24) is 9.80 Å². The predicted molar refractivity (Wildman–Crippen MR) is 146 cm³/mol. The van der Waals surface area contributed by atoms with Gasteiger partial charge in [0, 0.05) is 18.7 Å². The molecule has 1 atom stereocenters. The second-order valence-electron chi connectivity index (χ2n) is 9.23. The number of Topliss-reactive ketones (excluding diaryl/α,β-unsaturated/α-hetero) is 1. The summed E-state index contributed by atoms with van der Waals surface area (Å²) >= 11 is 0. The van der Waals surface area contributed by atoms with Gasteiger partial charge < -0.3 is 24.4 Å². The van der Waals surface area contributed by atoms with E-state index in [9.17, 15) is 14.7 Å². The molecule has 1 unspecified atom stereocenters. The molecule has 37 heavy (non-hydrogen) atoms. The number of likely N-dealkylation sites (tertiary alicyclic amines) is 1. The smallest absolute Gasteiger partial charge is 0.295 e. The normalized spacial score (nSPS) is 17.0. The largest absolute Gasteiger partial charge is 0.507 e. The summed E-state index contributed by atoms with van der Waals surface area (Å²) in [5, 5.41) is 11.3. The number of ether oxygens (including phenoxy) is 2. The number of rotatable bonds is 13. The van der Waals surface area contributed by atoms with E-state index < -0.39 is 17.7 Å². The van der Waals surface area contributed by atoms with Gasteiger partial charge in [-0.25, -0.2) is 0 Å². The van der Waals surface area contributed by atoms with Gasteiger partial charge in [-0.3, -0.25) is 9.59 Å². The summed E-state index contributed by atoms with van der Waals surface area (Å²) in [6, 6.07) is 12.0. The molecule has 2 aromatic rings. The van der Waals surface area contributed by atoms with Crippen molar-refractivity contribution in [3.8, 4) is 11.5 Å². The molecule has 7 nitrogen and oxygen atoms in total. The van der Waals surface area contributed by atoms with Crippen molar-refractivity contribution in [2.24, 2.45) is 0 Å². The van der Waals surface area contributed by atoms with Crippen LogP contribution in [0, 0.1) is 6.92 Å². The molecule has 2 aromatic carbocycles. The molecule has 1 aliphatic rings. The number of ketones is 1. The summed E-state index contributed by atoms with van der Waals surface area (Å²) < 4.78 is 11.8. The number of carbonyl (C=O) groups excluding carboxylic acids is 2. The van der Waals surface area contributed by atoms with Crippen LogP contribution in [0.2, 0.25) is 0 Å². The molecule has 0 aromatic heterocycles. The van der Waals surface area contributed by atoms with Crippen molar-refractivity contribution in [3.63, 3.8) is 0 Å². The molecule has 0 radical (unpaired) electrons. The number of likely N-dealkylation sites (N-methyl/N-ethyl adjacent to an activating group) is 1. The maximum Gasteiger partial charge on any atom is 0.295 e. The van der Waals surface area contributed by atoms with Gasteiger partial charge in [-0.15, -0.1) is 0 Å². The Hall–Kier alpha value is -3.32. The first-order valence-electron chi connectivity index (χ1n) is 13.3. The van der Waals surface area contributed by atoms with Crippen molar-refractivity contribution in [2.75, 3.05) is 39.4 Å². The second kappa shape index (κ2) is 13.3. The monoisotopic (exact) mass is 508 g/mol. The topological polar surface area (TPSA) is 79.3 Å². The Morgan fingerprint density at radius 2 is 1.68 bits per heavy atom. The fourth-order valence-corrected chi connectivity index (χ4v) is 4.52. The molecule has 1 amide bonds. The van der Waals surface area contributed by atoms with Crippen molar-refractivity contribution in [2.45, 2.75) is 53.5 Å². The third-order valence-corrected chi connectivity index (χ3v) is 6.76. The molecule has 0 bridgehead atoms. The molecule has 1 N–H and O–H groups in total. The number of amides is 1. The lowest BCUT2D eigenvalue weighted by molar-refractivity contribution is -0.140. The number of carbonyl (C=O) groups is 2. The summed E-state index contributed by atoms with van der Waals surface area (Å²) in [5.74, 6) is -0.274. The third-order valence-electron chi connectivity index (χ3n) is 6.76. The average Bonchev–Trinajstić information content (AvgIpc) is 3.15. The number of nitrogens with zero attached hydrogens (tertiary/aromatic N) is 2. The first-order valence-corrected chi connectivity index (χ1v) is 13.3. The Morgan fingerprint density at radius 1 is 0.973 bits per heavy atom. The number of hydrogen-bond acceptors (Lipinski definition) is 6. The average molecular weight is 509 g/mol. The molecule has 0 spiro atoms. The number of unbranched alkanes of at least 4 members (excludes halogenated alkanes) is 1. The van der Waals surface area contributed by atoms with Crippen molar-refractivity contribution < 1.29 is 24.2 Å². The Bertz CT molecular complexity index is 1110. The van der Waals surface area contributed by atoms with Crippen LogP contribution in [-0.2, 0) is 9.59 Å². The molecular formula is C30H40N2O5. The van der Waals surface area contributed by atoms with Crippen LogP contribution in [0.4, 0.5) is 0 Å². The molecule has 3 rings (SSSR count). The highest BCUT2D eigenvalue weighted by Crippen LogP contribution is 2.42. The van der Waals surface area contributed by atoms with E-state index >= 15 is 0 Å². The van der Waals surface area contributed by atoms with Gasteiger partial charge in [0.05, 0.1) is 24.8 Å². The summed E-state index contributed by atoms with van der Waals surface area (Å²) in [5.41, 5.74) is 2.32. The first kappa shape index (κ1) is 28.3. The SMILES string of the molecule is CCCCOc1ccc(C2C(=C(O)c3ccc(C)cc3)C(=O)C(=O)N2CCN(CC)CC)cc1OCC. The Morgan fingerprint density at radius 3 is 2.30 bits per heavy atom. The fourth-order valence-electron chi connectivity index (χ4n) is 4.52. The quantitative estimate of drug-likeness (QED) is 0.170. The number of aliphatic hydroxyl groups is 1. The van der Waals surface area contributed by atoms with Crippen LogP contribution in [0.1, 0.15) is 63.3 Å². The molecule has 1 aliphatic heterocycles. The third kappa shape index (κ3) is 6.52. The lowest BCUT2D eigenvalue weighted by atomic mass is 9.94. The van der Waals surface area contributed by atoms with Gasteiger partial charge in [0.15, 0.2) is 11.5 Å². The van der Waals surface area contributed by atoms with E-state index in [1.54, 1.807) is 17.0 Å². The molecule has 0 aliphatic carbocycles. The van der Waals surface area contributed by atoms with Gasteiger partial charge in [0.25, 0.3) is 11.7 Å². The van der Waals surface area contributed by atoms with Crippen LogP contribution in [0.5, 0.6) is 11.5 Å². The second-order valence-corrected chi connectivity index (χ2v) is 9.23. The van der Waals surface area contributed by atoms with Crippen LogP contribution >= 0.6 is 0 Å². The van der Waals surface area contributed by atoms with E-state index in [0.717, 1.165) is 31.5 Å². The van der Waals surface area contributed by atoms with E-state index in [-0.39, 0.29) is 11.3 Å². The number of benzene rings is 2. The number of aryl methyl sites for hydroxylation is 1. The zero-order chi connectivity index (χ0) is 26.9. The summed E-state index contributed by atoms with van der Waals surface area (Å²) in [7, 11) is 0. The van der Waals surface area contributed by atoms with Crippen molar-refractivity contribution in [1.29, 1.82) is 0 Å². The van der Waals surface area contributed by atoms with Gasteiger partial charge in [-0.2, -0.15) is 0 Å². The highest BCUT2D eigenvalue weighted by molar-refractivity contribution is 6.46. The molecule has 1 fully saturated rings. The summed E-state index contributed by atoms with van der Waals surface area (Å²) in [4.78, 5) is 30.4. The van der Waals surface area contributed by atoms with E-state index in [1.807, 2.05) is 44.2 Å². The minimum absolute atomic E-state index is 0.0931. The highest BCUT2D eigenvalue weighted by Gasteiger charge is 2.46. The van der Waals surface area contributed by atoms with Gasteiger partial charge in [-0.05, 0) is 51.1 Å². The Kier molecular flexibility index (Phi) is 10.1. The molecule has 1 saturated heterocycles. The van der Waals surface area contributed by atoms with Crippen LogP contribution in [0.3, 0.4) is 0 Å². The molecular weight excluding hydrogens is 468 g/mol. The van der Waals surface area contributed by atoms with Gasteiger partial charge >= 0.3 is 0 Å². The standard InChI is InChI=1S/C30H40N2O5/c1-6-10-19-37-24-16-15-23(20-25(24)36-9-4)27-26(28(33)22-13-11-21(5)12-14-22)29(34)30(35)32(27)18-17-31(7-2)8-3/h11-16,20,27,33H,6-10,17-19H2,1-5H3. The Balaban J connectivity index is 2.11. The number of hydrogen-bond donors (Lipinski definition) is 1. The predicted octanol–water partition coefficient (Wildman–Crippen LogP) is 5.34. The first-order chi connectivity index (χ1) is 17.9. The maximum absolute atomic E-state index is 13.3. The van der Waals surface area contributed by atoms with Crippen molar-refractivity contribution >= 4 is 17.4 Å². The van der Waals surface area contributed by atoms with Gasteiger partial charge in [-0.1, -0.05) is 63.1 Å². The zero-order valence-electron chi connectivity index (χ0n) is 22.8. The molecule has 1 heterocycles. The van der Waals surface area contributed by atoms with E-state index in [0.29, 0.717) is 48.9 Å². The van der Waals surface area contributed by atoms with Crippen LogP contribution in [-0.4, -0.2) is 66.0 Å². The van der Waals surface area contributed by atoms with Crippen LogP contribution in [0.15, 0.2) is 48.0 Å². The fraction of sp³-hybridized carbons (Fsp3) is 0.467.